The van der Waals surface area contributed by atoms with Crippen LogP contribution in [0.4, 0.5) is 0 Å². The Balaban J connectivity index is 1.43. The zero-order valence-electron chi connectivity index (χ0n) is 14.6. The van der Waals surface area contributed by atoms with E-state index < -0.39 is 0 Å². The molecule has 0 N–H and O–H groups in total. The van der Waals surface area contributed by atoms with Crippen molar-refractivity contribution in [2.45, 2.75) is 51.7 Å². The number of rotatable bonds is 5. The second-order valence-electron chi connectivity index (χ2n) is 7.20. The fourth-order valence-corrected chi connectivity index (χ4v) is 3.99. The molecule has 1 heterocycles. The molecule has 0 radical (unpaired) electrons. The molecule has 0 amide bonds. The van der Waals surface area contributed by atoms with Crippen LogP contribution in [0, 0.1) is 17.8 Å². The van der Waals surface area contributed by atoms with Crippen LogP contribution >= 0.6 is 11.6 Å². The summed E-state index contributed by atoms with van der Waals surface area (Å²) in [5.41, 5.74) is 1.06. The lowest BCUT2D eigenvalue weighted by molar-refractivity contribution is -0.214. The molecule has 24 heavy (non-hydrogen) atoms. The molecule has 0 bridgehead atoms. The van der Waals surface area contributed by atoms with Gasteiger partial charge in [-0.2, -0.15) is 0 Å². The van der Waals surface area contributed by atoms with Crippen molar-refractivity contribution in [1.82, 2.24) is 0 Å². The monoisotopic (exact) mass is 348 g/mol. The minimum Gasteiger partial charge on any atom is -0.348 e. The van der Waals surface area contributed by atoms with Gasteiger partial charge in [0.15, 0.2) is 6.29 Å². The maximum atomic E-state index is 6.00. The van der Waals surface area contributed by atoms with E-state index in [2.05, 4.69) is 19.1 Å². The van der Waals surface area contributed by atoms with Crippen molar-refractivity contribution in [3.63, 3.8) is 0 Å². The lowest BCUT2D eigenvalue weighted by atomic mass is 9.76. The molecule has 3 heteroatoms. The molecule has 0 spiro atoms. The molecule has 0 atom stereocenters. The fourth-order valence-electron chi connectivity index (χ4n) is 3.87. The van der Waals surface area contributed by atoms with Gasteiger partial charge in [0.1, 0.15) is 0 Å². The summed E-state index contributed by atoms with van der Waals surface area (Å²) in [5, 5.41) is 0.747. The number of halogens is 1. The zero-order valence-corrected chi connectivity index (χ0v) is 15.4. The topological polar surface area (TPSA) is 18.5 Å². The van der Waals surface area contributed by atoms with Crippen molar-refractivity contribution in [2.24, 2.45) is 17.8 Å². The number of hydrogen-bond acceptors (Lipinski definition) is 2. The highest BCUT2D eigenvalue weighted by atomic mass is 35.5. The van der Waals surface area contributed by atoms with Gasteiger partial charge in [-0.3, -0.25) is 0 Å². The van der Waals surface area contributed by atoms with Gasteiger partial charge in [-0.25, -0.2) is 0 Å². The van der Waals surface area contributed by atoms with Crippen LogP contribution in [0.3, 0.4) is 0 Å². The van der Waals surface area contributed by atoms with Crippen molar-refractivity contribution < 1.29 is 9.47 Å². The van der Waals surface area contributed by atoms with Gasteiger partial charge < -0.3 is 9.47 Å². The summed E-state index contributed by atoms with van der Waals surface area (Å²) in [6, 6.07) is 7.76. The molecule has 1 aliphatic heterocycles. The van der Waals surface area contributed by atoms with Crippen molar-refractivity contribution in [3.8, 4) is 0 Å². The van der Waals surface area contributed by atoms with Crippen LogP contribution in [-0.4, -0.2) is 13.2 Å². The molecule has 3 rings (SSSR count). The highest BCUT2D eigenvalue weighted by molar-refractivity contribution is 6.30. The van der Waals surface area contributed by atoms with Gasteiger partial charge in [0.2, 0.25) is 0 Å². The first-order valence-corrected chi connectivity index (χ1v) is 9.79. The van der Waals surface area contributed by atoms with Gasteiger partial charge in [0.25, 0.3) is 0 Å². The van der Waals surface area contributed by atoms with Crippen LogP contribution < -0.4 is 0 Å². The summed E-state index contributed by atoms with van der Waals surface area (Å²) >= 11 is 5.94. The maximum Gasteiger partial charge on any atom is 0.183 e. The average Bonchev–Trinajstić information content (AvgIpc) is 2.63. The highest BCUT2D eigenvalue weighted by Crippen LogP contribution is 2.37. The molecule has 2 fully saturated rings. The smallest absolute Gasteiger partial charge is 0.183 e. The minimum atomic E-state index is -0.230. The Morgan fingerprint density at radius 3 is 2.29 bits per heavy atom. The predicted molar refractivity (Wildman–Crippen MR) is 99.1 cm³/mol. The summed E-state index contributed by atoms with van der Waals surface area (Å²) in [6.07, 6.45) is 12.3. The number of ether oxygens (including phenoxy) is 2. The number of allylic oxidation sites excluding steroid dienone is 2. The Morgan fingerprint density at radius 2 is 1.67 bits per heavy atom. The Morgan fingerprint density at radius 1 is 1.00 bits per heavy atom. The normalized spacial score (nSPS) is 31.4. The maximum absolute atomic E-state index is 6.00. The molecule has 1 aromatic rings. The molecule has 132 valence electrons. The number of benzene rings is 1. The van der Waals surface area contributed by atoms with Crippen LogP contribution in [-0.2, 0) is 9.47 Å². The summed E-state index contributed by atoms with van der Waals surface area (Å²) in [7, 11) is 0. The zero-order chi connectivity index (χ0) is 16.8. The number of unbranched alkanes of at least 4 members (excludes halogenated alkanes) is 1. The largest absolute Gasteiger partial charge is 0.348 e. The molecule has 2 nitrogen and oxygen atoms in total. The molecule has 2 aliphatic rings. The van der Waals surface area contributed by atoms with Crippen LogP contribution in [0.1, 0.15) is 57.3 Å². The van der Waals surface area contributed by atoms with Gasteiger partial charge in [0.05, 0.1) is 13.2 Å². The average molecular weight is 349 g/mol. The standard InChI is InChI=1S/C21H29ClO2/c1-2-3-4-5-16-6-8-17(9-7-16)19-14-23-21(24-15-19)18-10-12-20(22)13-11-18/h4-5,10-13,16-17,19,21H,2-3,6-9,14-15H2,1H3/b5-4+. The molecule has 1 saturated carbocycles. The Bertz CT molecular complexity index is 509. The SMILES string of the molecule is CCC/C=C/C1CCC(C2COC(c3ccc(Cl)cc3)OC2)CC1. The Labute approximate surface area is 151 Å². The third-order valence-corrected chi connectivity index (χ3v) is 5.66. The number of hydrogen-bond donors (Lipinski definition) is 0. The minimum absolute atomic E-state index is 0.230. The van der Waals surface area contributed by atoms with E-state index in [0.717, 1.165) is 35.6 Å². The third kappa shape index (κ3) is 4.84. The third-order valence-electron chi connectivity index (χ3n) is 5.41. The van der Waals surface area contributed by atoms with Crippen LogP contribution in [0.15, 0.2) is 36.4 Å². The van der Waals surface area contributed by atoms with E-state index in [-0.39, 0.29) is 6.29 Å². The van der Waals surface area contributed by atoms with Crippen molar-refractivity contribution in [2.75, 3.05) is 13.2 Å². The van der Waals surface area contributed by atoms with Crippen LogP contribution in [0.5, 0.6) is 0 Å². The Hall–Kier alpha value is -0.830. The predicted octanol–water partition coefficient (Wildman–Crippen LogP) is 6.16. The summed E-state index contributed by atoms with van der Waals surface area (Å²) in [5.74, 6) is 2.10. The second kappa shape index (κ2) is 9.03. The molecule has 1 saturated heterocycles. The first-order valence-electron chi connectivity index (χ1n) is 9.41. The van der Waals surface area contributed by atoms with Crippen molar-refractivity contribution in [1.29, 1.82) is 0 Å². The van der Waals surface area contributed by atoms with Crippen LogP contribution in [0.2, 0.25) is 5.02 Å². The molecule has 0 unspecified atom stereocenters. The molecular weight excluding hydrogens is 320 g/mol. The lowest BCUT2D eigenvalue weighted by Gasteiger charge is -2.37. The molecular formula is C21H29ClO2. The molecule has 1 aliphatic carbocycles. The van der Waals surface area contributed by atoms with E-state index in [1.165, 1.54) is 38.5 Å². The second-order valence-corrected chi connectivity index (χ2v) is 7.64. The van der Waals surface area contributed by atoms with Gasteiger partial charge in [-0.15, -0.1) is 0 Å². The van der Waals surface area contributed by atoms with E-state index in [0.29, 0.717) is 5.92 Å². The van der Waals surface area contributed by atoms with E-state index in [4.69, 9.17) is 21.1 Å². The lowest BCUT2D eigenvalue weighted by Crippen LogP contribution is -2.34. The van der Waals surface area contributed by atoms with Crippen LogP contribution in [0.25, 0.3) is 0 Å². The quantitative estimate of drug-likeness (QED) is 0.593. The van der Waals surface area contributed by atoms with Gasteiger partial charge in [0, 0.05) is 16.5 Å². The summed E-state index contributed by atoms with van der Waals surface area (Å²) < 4.78 is 12.0. The first kappa shape index (κ1) is 18.0. The van der Waals surface area contributed by atoms with E-state index in [1.807, 2.05) is 24.3 Å². The van der Waals surface area contributed by atoms with E-state index >= 15 is 0 Å². The highest BCUT2D eigenvalue weighted by Gasteiger charge is 2.31. The van der Waals surface area contributed by atoms with E-state index in [9.17, 15) is 0 Å². The van der Waals surface area contributed by atoms with Crippen molar-refractivity contribution >= 4 is 11.6 Å². The molecule has 0 aromatic heterocycles. The van der Waals surface area contributed by atoms with Gasteiger partial charge in [-0.05, 0) is 56.1 Å². The summed E-state index contributed by atoms with van der Waals surface area (Å²) in [6.45, 7) is 3.87. The van der Waals surface area contributed by atoms with Gasteiger partial charge >= 0.3 is 0 Å². The first-order chi connectivity index (χ1) is 11.8. The fraction of sp³-hybridized carbons (Fsp3) is 0.619. The van der Waals surface area contributed by atoms with E-state index in [1.54, 1.807) is 0 Å². The molecule has 1 aromatic carbocycles. The van der Waals surface area contributed by atoms with Crippen molar-refractivity contribution in [3.05, 3.63) is 47.0 Å². The summed E-state index contributed by atoms with van der Waals surface area (Å²) in [4.78, 5) is 0. The van der Waals surface area contributed by atoms with Gasteiger partial charge in [-0.1, -0.05) is 49.2 Å². The Kier molecular flexibility index (Phi) is 6.76.